The van der Waals surface area contributed by atoms with Gasteiger partial charge < -0.3 is 18.9 Å². The standard InChI is InChI=1S/C23H21ClN2O7/c1-4-30-19-9-13(8-16(24)20(19)33-12(2)3)7-15-21(27)25-23(29)26(22(15)28)14-5-6-17-18(10-14)32-11-31-17/h5-10,12H,4,11H2,1-3H3,(H,25,27,29)/b15-7+. The molecule has 2 aliphatic rings. The van der Waals surface area contributed by atoms with E-state index in [0.29, 0.717) is 35.2 Å². The lowest BCUT2D eigenvalue weighted by Gasteiger charge is -2.26. The maximum Gasteiger partial charge on any atom is 0.335 e. The summed E-state index contributed by atoms with van der Waals surface area (Å²) in [5.74, 6) is 0.0182. The van der Waals surface area contributed by atoms with Crippen molar-refractivity contribution in [2.75, 3.05) is 18.3 Å². The SMILES string of the molecule is CCOc1cc(/C=C2\C(=O)NC(=O)N(c3ccc4c(c3)OCO4)C2=O)cc(Cl)c1OC(C)C. The van der Waals surface area contributed by atoms with Gasteiger partial charge in [-0.05, 0) is 56.7 Å². The molecule has 2 aromatic rings. The van der Waals surface area contributed by atoms with Crippen molar-refractivity contribution < 1.29 is 33.3 Å². The molecule has 4 amide bonds. The van der Waals surface area contributed by atoms with Gasteiger partial charge in [0, 0.05) is 6.07 Å². The van der Waals surface area contributed by atoms with E-state index in [9.17, 15) is 14.4 Å². The second-order valence-corrected chi connectivity index (χ2v) is 7.83. The molecule has 4 rings (SSSR count). The maximum atomic E-state index is 13.2. The van der Waals surface area contributed by atoms with Gasteiger partial charge in [-0.15, -0.1) is 0 Å². The Morgan fingerprint density at radius 2 is 1.91 bits per heavy atom. The molecule has 0 unspecified atom stereocenters. The highest BCUT2D eigenvalue weighted by molar-refractivity contribution is 6.39. The van der Waals surface area contributed by atoms with Crippen molar-refractivity contribution in [3.63, 3.8) is 0 Å². The van der Waals surface area contributed by atoms with Crippen molar-refractivity contribution in [3.8, 4) is 23.0 Å². The smallest absolute Gasteiger partial charge is 0.335 e. The molecule has 2 aromatic carbocycles. The van der Waals surface area contributed by atoms with Crippen LogP contribution in [0.2, 0.25) is 5.02 Å². The number of carbonyl (C=O) groups is 3. The van der Waals surface area contributed by atoms with E-state index in [4.69, 9.17) is 30.5 Å². The summed E-state index contributed by atoms with van der Waals surface area (Å²) in [6, 6.07) is 6.91. The molecular formula is C23H21ClN2O7. The van der Waals surface area contributed by atoms with Crippen LogP contribution in [0.1, 0.15) is 26.3 Å². The number of halogens is 1. The molecule has 0 aromatic heterocycles. The average molecular weight is 473 g/mol. The van der Waals surface area contributed by atoms with Gasteiger partial charge in [0.1, 0.15) is 5.57 Å². The van der Waals surface area contributed by atoms with E-state index in [1.807, 2.05) is 20.8 Å². The molecule has 9 nitrogen and oxygen atoms in total. The van der Waals surface area contributed by atoms with Crippen LogP contribution in [0.4, 0.5) is 10.5 Å². The largest absolute Gasteiger partial charge is 0.490 e. The molecule has 0 atom stereocenters. The number of nitrogens with zero attached hydrogens (tertiary/aromatic N) is 1. The predicted molar refractivity (Wildman–Crippen MR) is 120 cm³/mol. The Labute approximate surface area is 194 Å². The molecule has 172 valence electrons. The van der Waals surface area contributed by atoms with Crippen LogP contribution in [-0.4, -0.2) is 37.3 Å². The highest BCUT2D eigenvalue weighted by Crippen LogP contribution is 2.39. The summed E-state index contributed by atoms with van der Waals surface area (Å²) in [5, 5.41) is 2.44. The number of barbiturate groups is 1. The fraction of sp³-hybridized carbons (Fsp3) is 0.261. The van der Waals surface area contributed by atoms with E-state index in [0.717, 1.165) is 4.90 Å². The molecule has 0 aliphatic carbocycles. The first-order valence-corrected chi connectivity index (χ1v) is 10.6. The van der Waals surface area contributed by atoms with E-state index < -0.39 is 17.8 Å². The van der Waals surface area contributed by atoms with E-state index >= 15 is 0 Å². The number of rotatable bonds is 6. The summed E-state index contributed by atoms with van der Waals surface area (Å²) in [5.41, 5.74) is 0.412. The lowest BCUT2D eigenvalue weighted by molar-refractivity contribution is -0.122. The third kappa shape index (κ3) is 4.45. The number of nitrogens with one attached hydrogen (secondary N) is 1. The minimum Gasteiger partial charge on any atom is -0.490 e. The highest BCUT2D eigenvalue weighted by atomic mass is 35.5. The molecule has 1 N–H and O–H groups in total. The Morgan fingerprint density at radius 1 is 1.15 bits per heavy atom. The number of hydrogen-bond donors (Lipinski definition) is 1. The second-order valence-electron chi connectivity index (χ2n) is 7.43. The van der Waals surface area contributed by atoms with Crippen LogP contribution >= 0.6 is 11.6 Å². The first kappa shape index (κ1) is 22.5. The second kappa shape index (κ2) is 9.03. The topological polar surface area (TPSA) is 103 Å². The monoisotopic (exact) mass is 472 g/mol. The molecule has 1 fully saturated rings. The summed E-state index contributed by atoms with van der Waals surface area (Å²) >= 11 is 6.40. The zero-order chi connectivity index (χ0) is 23.7. The van der Waals surface area contributed by atoms with Crippen LogP contribution in [0.25, 0.3) is 6.08 Å². The molecule has 1 saturated heterocycles. The molecule has 2 heterocycles. The van der Waals surface area contributed by atoms with Crippen LogP contribution in [0, 0.1) is 0 Å². The van der Waals surface area contributed by atoms with Crippen LogP contribution in [0.5, 0.6) is 23.0 Å². The number of imide groups is 2. The first-order chi connectivity index (χ1) is 15.8. The fourth-order valence-corrected chi connectivity index (χ4v) is 3.63. The number of anilines is 1. The van der Waals surface area contributed by atoms with Gasteiger partial charge in [0.25, 0.3) is 11.8 Å². The molecule has 0 bridgehead atoms. The molecule has 0 saturated carbocycles. The summed E-state index contributed by atoms with van der Waals surface area (Å²) < 4.78 is 22.0. The first-order valence-electron chi connectivity index (χ1n) is 10.2. The van der Waals surface area contributed by atoms with Crippen LogP contribution in [0.15, 0.2) is 35.9 Å². The Morgan fingerprint density at radius 3 is 2.64 bits per heavy atom. The van der Waals surface area contributed by atoms with E-state index in [-0.39, 0.29) is 29.2 Å². The van der Waals surface area contributed by atoms with E-state index in [1.54, 1.807) is 18.2 Å². The Balaban J connectivity index is 1.72. The normalized spacial score (nSPS) is 16.5. The number of ether oxygens (including phenoxy) is 4. The van der Waals surface area contributed by atoms with E-state index in [1.165, 1.54) is 18.2 Å². The van der Waals surface area contributed by atoms with Gasteiger partial charge in [0.15, 0.2) is 23.0 Å². The summed E-state index contributed by atoms with van der Waals surface area (Å²) in [6.45, 7) is 5.92. The Kier molecular flexibility index (Phi) is 6.15. The van der Waals surface area contributed by atoms with Crippen molar-refractivity contribution in [1.82, 2.24) is 5.32 Å². The molecule has 10 heteroatoms. The Hall–Kier alpha value is -3.72. The van der Waals surface area contributed by atoms with Crippen molar-refractivity contribution >= 4 is 41.2 Å². The van der Waals surface area contributed by atoms with Gasteiger partial charge in [0.05, 0.1) is 23.4 Å². The third-order valence-electron chi connectivity index (χ3n) is 4.71. The molecule has 2 aliphatic heterocycles. The molecule has 33 heavy (non-hydrogen) atoms. The minimum atomic E-state index is -0.866. The summed E-state index contributed by atoms with van der Waals surface area (Å²) in [7, 11) is 0. The predicted octanol–water partition coefficient (Wildman–Crippen LogP) is 3.92. The van der Waals surface area contributed by atoms with Gasteiger partial charge in [-0.1, -0.05) is 11.6 Å². The van der Waals surface area contributed by atoms with Gasteiger partial charge in [-0.3, -0.25) is 14.9 Å². The number of carbonyl (C=O) groups excluding carboxylic acids is 3. The average Bonchev–Trinajstić information content (AvgIpc) is 3.21. The zero-order valence-electron chi connectivity index (χ0n) is 18.1. The van der Waals surface area contributed by atoms with Gasteiger partial charge in [-0.25, -0.2) is 9.69 Å². The summed E-state index contributed by atoms with van der Waals surface area (Å²) in [4.78, 5) is 39.0. The van der Waals surface area contributed by atoms with Crippen molar-refractivity contribution in [2.45, 2.75) is 26.9 Å². The van der Waals surface area contributed by atoms with Crippen molar-refractivity contribution in [1.29, 1.82) is 0 Å². The highest BCUT2D eigenvalue weighted by Gasteiger charge is 2.37. The fourth-order valence-electron chi connectivity index (χ4n) is 3.37. The van der Waals surface area contributed by atoms with Gasteiger partial charge in [0.2, 0.25) is 6.79 Å². The Bertz CT molecular complexity index is 1180. The summed E-state index contributed by atoms with van der Waals surface area (Å²) in [6.07, 6.45) is 1.20. The zero-order valence-corrected chi connectivity index (χ0v) is 18.9. The van der Waals surface area contributed by atoms with Crippen molar-refractivity contribution in [3.05, 3.63) is 46.5 Å². The third-order valence-corrected chi connectivity index (χ3v) is 4.99. The van der Waals surface area contributed by atoms with Gasteiger partial charge >= 0.3 is 6.03 Å². The minimum absolute atomic E-state index is 0.0437. The maximum absolute atomic E-state index is 13.2. The van der Waals surface area contributed by atoms with Crippen molar-refractivity contribution in [2.24, 2.45) is 0 Å². The number of hydrogen-bond acceptors (Lipinski definition) is 7. The quantitative estimate of drug-likeness (QED) is 0.502. The van der Waals surface area contributed by atoms with Crippen LogP contribution in [0.3, 0.4) is 0 Å². The number of urea groups is 1. The van der Waals surface area contributed by atoms with E-state index in [2.05, 4.69) is 5.32 Å². The number of fused-ring (bicyclic) bond motifs is 1. The number of amides is 4. The van der Waals surface area contributed by atoms with Gasteiger partial charge in [-0.2, -0.15) is 0 Å². The molecule has 0 spiro atoms. The van der Waals surface area contributed by atoms with Crippen LogP contribution < -0.4 is 29.2 Å². The van der Waals surface area contributed by atoms with Crippen LogP contribution in [-0.2, 0) is 9.59 Å². The lowest BCUT2D eigenvalue weighted by Crippen LogP contribution is -2.54. The molecule has 0 radical (unpaired) electrons. The number of benzene rings is 2. The lowest BCUT2D eigenvalue weighted by atomic mass is 10.1. The molecular weight excluding hydrogens is 452 g/mol.